The molecular weight excluding hydrogens is 344 g/mol. The van der Waals surface area contributed by atoms with Crippen LogP contribution in [0.5, 0.6) is 5.75 Å². The summed E-state index contributed by atoms with van der Waals surface area (Å²) in [5, 5.41) is 9.60. The van der Waals surface area contributed by atoms with Crippen LogP contribution in [0.4, 0.5) is 4.39 Å². The second-order valence-electron chi connectivity index (χ2n) is 3.56. The number of hydrogen-bond acceptors (Lipinski definition) is 2. The molecule has 0 bridgehead atoms. The van der Waals surface area contributed by atoms with E-state index < -0.39 is 6.67 Å². The summed E-state index contributed by atoms with van der Waals surface area (Å²) in [6.45, 7) is -0.561. The smallest absolute Gasteiger partial charge is 0.131 e. The molecule has 0 unspecified atom stereocenters. The Morgan fingerprint density at radius 2 is 1.71 bits per heavy atom. The number of aromatic nitrogens is 1. The molecule has 0 spiro atoms. The zero-order valence-electron chi connectivity index (χ0n) is 9.31. The Balaban J connectivity index is 0.00000144. The summed E-state index contributed by atoms with van der Waals surface area (Å²) in [6.07, 6.45) is 0.514. The maximum absolute atomic E-state index is 12.4. The zero-order chi connectivity index (χ0) is 11.4. The summed E-state index contributed by atoms with van der Waals surface area (Å²) in [5.41, 5.74) is 1.98. The molecule has 0 aliphatic heterocycles. The first-order valence-corrected chi connectivity index (χ1v) is 5.07. The van der Waals surface area contributed by atoms with Crippen LogP contribution >= 0.6 is 0 Å². The van der Waals surface area contributed by atoms with Gasteiger partial charge in [-0.1, -0.05) is 24.3 Å². The number of nitrogens with zero attached hydrogens (tertiary/aromatic N) is 1. The Kier molecular flexibility index (Phi) is 5.82. The molecule has 2 nitrogen and oxygen atoms in total. The number of halogens is 1. The Labute approximate surface area is 128 Å². The van der Waals surface area contributed by atoms with Gasteiger partial charge in [0.25, 0.3) is 0 Å². The third-order valence-corrected chi connectivity index (χ3v) is 2.36. The largest absolute Gasteiger partial charge is 0.508 e. The van der Waals surface area contributed by atoms with E-state index >= 15 is 0 Å². The number of aromatic hydroxyl groups is 1. The van der Waals surface area contributed by atoms with E-state index in [0.29, 0.717) is 12.1 Å². The van der Waals surface area contributed by atoms with Crippen LogP contribution in [0.25, 0.3) is 0 Å². The van der Waals surface area contributed by atoms with Gasteiger partial charge in [-0.15, -0.1) is 0 Å². The van der Waals surface area contributed by atoms with Gasteiger partial charge in [-0.05, 0) is 23.8 Å². The fraction of sp³-hybridized carbons (Fsp3) is 0.154. The molecule has 1 aromatic carbocycles. The molecule has 1 radical (unpaired) electrons. The van der Waals surface area contributed by atoms with Crippen molar-refractivity contribution >= 4 is 0 Å². The summed E-state index contributed by atoms with van der Waals surface area (Å²) in [7, 11) is 0. The first kappa shape index (κ1) is 14.4. The van der Waals surface area contributed by atoms with Crippen molar-refractivity contribution in [1.29, 1.82) is 0 Å². The zero-order valence-corrected chi connectivity index (χ0v) is 12.9. The number of rotatable bonds is 3. The second-order valence-corrected chi connectivity index (χ2v) is 3.56. The second kappa shape index (κ2) is 6.89. The molecule has 17 heavy (non-hydrogen) atoms. The van der Waals surface area contributed by atoms with Crippen LogP contribution in [0.2, 0.25) is 0 Å². The quantitative estimate of drug-likeness (QED) is 0.918. The van der Waals surface area contributed by atoms with E-state index in [1.54, 1.807) is 24.3 Å². The van der Waals surface area contributed by atoms with Crippen molar-refractivity contribution in [2.24, 2.45) is 0 Å². The van der Waals surface area contributed by atoms with E-state index in [0.717, 1.165) is 11.3 Å². The Bertz CT molecular complexity index is 490. The van der Waals surface area contributed by atoms with Gasteiger partial charge in [0.05, 0.1) is 5.69 Å². The normalized spacial score (nSPS) is 9.71. The van der Waals surface area contributed by atoms with E-state index in [-0.39, 0.29) is 41.3 Å². The number of pyridine rings is 1. The Morgan fingerprint density at radius 1 is 1.00 bits per heavy atom. The van der Waals surface area contributed by atoms with Crippen LogP contribution in [0.1, 0.15) is 17.0 Å². The minimum atomic E-state index is -0.561. The Hall–Kier alpha value is -0.705. The first-order chi connectivity index (χ1) is 7.79. The maximum atomic E-state index is 12.4. The molecule has 0 fully saturated rings. The van der Waals surface area contributed by atoms with Crippen molar-refractivity contribution < 1.29 is 45.1 Å². The van der Waals surface area contributed by atoms with Gasteiger partial charge in [0.1, 0.15) is 12.4 Å². The van der Waals surface area contributed by atoms with E-state index in [9.17, 15) is 9.50 Å². The van der Waals surface area contributed by atoms with Crippen molar-refractivity contribution in [2.75, 3.05) is 0 Å². The van der Waals surface area contributed by atoms with Crippen LogP contribution < -0.4 is 0 Å². The van der Waals surface area contributed by atoms with Crippen LogP contribution in [0.3, 0.4) is 0 Å². The van der Waals surface area contributed by atoms with Gasteiger partial charge in [0.15, 0.2) is 0 Å². The van der Waals surface area contributed by atoms with Crippen molar-refractivity contribution in [3.8, 4) is 5.75 Å². The van der Waals surface area contributed by atoms with Gasteiger partial charge < -0.3 is 5.11 Å². The van der Waals surface area contributed by atoms with Gasteiger partial charge >= 0.3 is 0 Å². The van der Waals surface area contributed by atoms with Crippen LogP contribution in [0.15, 0.2) is 42.5 Å². The molecule has 1 N–H and O–H groups in total. The topological polar surface area (TPSA) is 33.1 Å². The average molecular weight is 356 g/mol. The van der Waals surface area contributed by atoms with E-state index in [1.807, 2.05) is 18.2 Å². The fourth-order valence-corrected chi connectivity index (χ4v) is 1.56. The number of para-hydroxylation sites is 1. The third kappa shape index (κ3) is 3.91. The van der Waals surface area contributed by atoms with Crippen LogP contribution in [-0.4, -0.2) is 10.1 Å². The monoisotopic (exact) mass is 356 g/mol. The summed E-state index contributed by atoms with van der Waals surface area (Å²) in [6, 6.07) is 12.3. The fourth-order valence-electron chi connectivity index (χ4n) is 1.56. The summed E-state index contributed by atoms with van der Waals surface area (Å²) in [4.78, 5) is 4.14. The van der Waals surface area contributed by atoms with Crippen molar-refractivity contribution in [1.82, 2.24) is 4.98 Å². The van der Waals surface area contributed by atoms with Crippen molar-refractivity contribution in [2.45, 2.75) is 13.1 Å². The van der Waals surface area contributed by atoms with Crippen LogP contribution in [0, 0.1) is 35.6 Å². The average Bonchev–Trinajstić information content (AvgIpc) is 2.32. The molecule has 0 saturated heterocycles. The van der Waals surface area contributed by atoms with Gasteiger partial charge in [-0.2, -0.15) is 0 Å². The molecule has 0 aliphatic rings. The van der Waals surface area contributed by atoms with Gasteiger partial charge in [0.2, 0.25) is 0 Å². The molecule has 2 aromatic rings. The standard InChI is InChI=1S/C13H12FNO.La/c14-9-12-6-3-5-11(15-12)8-10-4-1-2-7-13(10)16;/h1-7,16H,8-9H2;. The molecule has 0 aliphatic carbocycles. The van der Waals surface area contributed by atoms with Crippen molar-refractivity contribution in [3.63, 3.8) is 0 Å². The predicted molar refractivity (Wildman–Crippen MR) is 60.0 cm³/mol. The summed E-state index contributed by atoms with van der Waals surface area (Å²) < 4.78 is 12.4. The number of phenolic OH excluding ortho intramolecular Hbond substituents is 1. The maximum Gasteiger partial charge on any atom is 0.131 e. The molecule has 0 amide bonds. The number of benzene rings is 1. The summed E-state index contributed by atoms with van der Waals surface area (Å²) in [5.74, 6) is 0.245. The number of phenols is 1. The third-order valence-electron chi connectivity index (χ3n) is 2.36. The molecule has 1 heterocycles. The minimum Gasteiger partial charge on any atom is -0.508 e. The van der Waals surface area contributed by atoms with E-state index in [4.69, 9.17) is 0 Å². The SMILES string of the molecule is Oc1ccccc1Cc1cccc(CF)n1.[La]. The van der Waals surface area contributed by atoms with Gasteiger partial charge in [-0.25, -0.2) is 4.39 Å². The molecule has 2 rings (SSSR count). The summed E-state index contributed by atoms with van der Waals surface area (Å²) >= 11 is 0. The molecule has 4 heteroatoms. The number of hydrogen-bond donors (Lipinski definition) is 1. The van der Waals surface area contributed by atoms with Gasteiger partial charge in [-0.3, -0.25) is 4.98 Å². The first-order valence-electron chi connectivity index (χ1n) is 5.07. The van der Waals surface area contributed by atoms with E-state index in [1.165, 1.54) is 0 Å². The molecule has 1 aromatic heterocycles. The minimum absolute atomic E-state index is 0. The number of alkyl halides is 1. The van der Waals surface area contributed by atoms with Gasteiger partial charge in [0, 0.05) is 47.7 Å². The molecule has 85 valence electrons. The molecule has 0 saturated carbocycles. The molecular formula is C13H12FLaNO. The van der Waals surface area contributed by atoms with E-state index in [2.05, 4.69) is 4.98 Å². The van der Waals surface area contributed by atoms with Crippen molar-refractivity contribution in [3.05, 3.63) is 59.4 Å². The molecule has 0 atom stereocenters. The Morgan fingerprint density at radius 3 is 2.41 bits per heavy atom. The van der Waals surface area contributed by atoms with Crippen LogP contribution in [-0.2, 0) is 13.1 Å². The predicted octanol–water partition coefficient (Wildman–Crippen LogP) is 2.85.